The summed E-state index contributed by atoms with van der Waals surface area (Å²) in [5.41, 5.74) is 4.35. The fourth-order valence-corrected chi connectivity index (χ4v) is 4.61. The smallest absolute Gasteiger partial charge is 0.270 e. The van der Waals surface area contributed by atoms with Gasteiger partial charge in [0.25, 0.3) is 5.69 Å². The van der Waals surface area contributed by atoms with E-state index >= 15 is 0 Å². The van der Waals surface area contributed by atoms with E-state index in [0.29, 0.717) is 22.2 Å². The van der Waals surface area contributed by atoms with Crippen LogP contribution < -0.4 is 0 Å². The van der Waals surface area contributed by atoms with Crippen molar-refractivity contribution in [3.63, 3.8) is 0 Å². The summed E-state index contributed by atoms with van der Waals surface area (Å²) in [5.74, 6) is 0.676. The molecule has 0 amide bonds. The number of hydrogen-bond donors (Lipinski definition) is 2. The summed E-state index contributed by atoms with van der Waals surface area (Å²) >= 11 is 0. The Morgan fingerprint density at radius 2 is 1.91 bits per heavy atom. The summed E-state index contributed by atoms with van der Waals surface area (Å²) in [7, 11) is 0. The zero-order valence-corrected chi connectivity index (χ0v) is 18.9. The first-order chi connectivity index (χ1) is 16.5. The summed E-state index contributed by atoms with van der Waals surface area (Å²) in [5, 5.41) is 22.7. The number of aliphatic imine (C=N–C) groups is 1. The molecule has 0 bridgehead atoms. The highest BCUT2D eigenvalue weighted by molar-refractivity contribution is 6.22. The van der Waals surface area contributed by atoms with Gasteiger partial charge in [-0.2, -0.15) is 0 Å². The zero-order valence-electron chi connectivity index (χ0n) is 18.9. The molecule has 172 valence electrons. The largest absolute Gasteiger partial charge is 0.494 e. The highest BCUT2D eigenvalue weighted by Crippen LogP contribution is 2.33. The monoisotopic (exact) mass is 454 g/mol. The van der Waals surface area contributed by atoms with E-state index in [4.69, 9.17) is 4.99 Å². The van der Waals surface area contributed by atoms with Gasteiger partial charge in [0.2, 0.25) is 0 Å². The minimum atomic E-state index is -0.438. The van der Waals surface area contributed by atoms with Crippen LogP contribution in [-0.2, 0) is 6.54 Å². The van der Waals surface area contributed by atoms with Gasteiger partial charge in [-0.05, 0) is 42.6 Å². The lowest BCUT2D eigenvalue weighted by atomic mass is 10.0. The second-order valence-electron chi connectivity index (χ2n) is 8.96. The summed E-state index contributed by atoms with van der Waals surface area (Å²) in [6.07, 6.45) is 1.25. The fourth-order valence-electron chi connectivity index (χ4n) is 4.61. The minimum Gasteiger partial charge on any atom is -0.494 e. The number of rotatable bonds is 6. The minimum absolute atomic E-state index is 0.0410. The molecule has 1 saturated heterocycles. The normalized spacial score (nSPS) is 16.9. The summed E-state index contributed by atoms with van der Waals surface area (Å²) in [4.78, 5) is 21.2. The van der Waals surface area contributed by atoms with Crippen LogP contribution in [0.5, 0.6) is 5.88 Å². The van der Waals surface area contributed by atoms with Gasteiger partial charge in [-0.1, -0.05) is 49.4 Å². The number of nitrogens with one attached hydrogen (secondary N) is 1. The van der Waals surface area contributed by atoms with Crippen LogP contribution in [0.4, 0.5) is 11.4 Å². The van der Waals surface area contributed by atoms with Gasteiger partial charge in [-0.15, -0.1) is 0 Å². The molecule has 1 unspecified atom stereocenters. The molecule has 1 atom stereocenters. The van der Waals surface area contributed by atoms with Gasteiger partial charge in [0.15, 0.2) is 5.88 Å². The number of nitro benzene ring substituents is 1. The molecule has 1 aliphatic rings. The van der Waals surface area contributed by atoms with Crippen molar-refractivity contribution in [3.05, 3.63) is 99.6 Å². The maximum absolute atomic E-state index is 11.4. The van der Waals surface area contributed by atoms with Crippen molar-refractivity contribution < 1.29 is 10.0 Å². The lowest BCUT2D eigenvalue weighted by molar-refractivity contribution is -0.384. The highest BCUT2D eigenvalue weighted by Gasteiger charge is 2.21. The molecule has 0 saturated carbocycles. The third-order valence-electron chi connectivity index (χ3n) is 6.35. The molecule has 34 heavy (non-hydrogen) atoms. The molecule has 4 aromatic rings. The Hall–Kier alpha value is -3.97. The number of aromatic nitrogens is 1. The van der Waals surface area contributed by atoms with Crippen molar-refractivity contribution in [3.8, 4) is 5.88 Å². The van der Waals surface area contributed by atoms with Crippen molar-refractivity contribution in [2.24, 2.45) is 10.9 Å². The lowest BCUT2D eigenvalue weighted by Crippen LogP contribution is -2.19. The van der Waals surface area contributed by atoms with Gasteiger partial charge >= 0.3 is 0 Å². The fraction of sp³-hybridized carbons (Fsp3) is 0.222. The number of fused-ring (bicyclic) bond motifs is 1. The molecule has 0 aliphatic carbocycles. The molecule has 2 N–H and O–H groups in total. The van der Waals surface area contributed by atoms with E-state index in [1.807, 2.05) is 42.5 Å². The molecular weight excluding hydrogens is 428 g/mol. The number of benzene rings is 3. The first kappa shape index (κ1) is 21.9. The van der Waals surface area contributed by atoms with Crippen LogP contribution in [0.3, 0.4) is 0 Å². The molecule has 1 aromatic heterocycles. The van der Waals surface area contributed by atoms with E-state index in [0.717, 1.165) is 36.8 Å². The van der Waals surface area contributed by atoms with E-state index in [2.05, 4.69) is 28.9 Å². The maximum atomic E-state index is 11.4. The Kier molecular flexibility index (Phi) is 5.86. The number of aromatic hydroxyl groups is 1. The number of likely N-dealkylation sites (tertiary alicyclic amines) is 1. The first-order valence-corrected chi connectivity index (χ1v) is 11.4. The predicted octanol–water partition coefficient (Wildman–Crippen LogP) is 5.79. The van der Waals surface area contributed by atoms with Crippen molar-refractivity contribution in [1.82, 2.24) is 9.88 Å². The Balaban J connectivity index is 1.56. The van der Waals surface area contributed by atoms with Gasteiger partial charge in [0.1, 0.15) is 0 Å². The number of non-ortho nitro benzene ring substituents is 1. The van der Waals surface area contributed by atoms with Crippen LogP contribution >= 0.6 is 0 Å². The molecular formula is C27H26N4O3. The molecule has 1 fully saturated rings. The Labute approximate surface area is 197 Å². The summed E-state index contributed by atoms with van der Waals surface area (Å²) in [6, 6.07) is 22.2. The average Bonchev–Trinajstić information content (AvgIpc) is 3.40. The Morgan fingerprint density at radius 1 is 1.15 bits per heavy atom. The number of nitrogens with zero attached hydrogens (tertiary/aromatic N) is 3. The van der Waals surface area contributed by atoms with E-state index in [-0.39, 0.29) is 11.6 Å². The number of aromatic amines is 1. The predicted molar refractivity (Wildman–Crippen MR) is 134 cm³/mol. The average molecular weight is 455 g/mol. The third kappa shape index (κ3) is 4.43. The summed E-state index contributed by atoms with van der Waals surface area (Å²) in [6.45, 7) is 5.47. The quantitative estimate of drug-likeness (QED) is 0.219. The van der Waals surface area contributed by atoms with Crippen LogP contribution in [0.15, 0.2) is 77.8 Å². The maximum Gasteiger partial charge on any atom is 0.270 e. The number of H-pyrrole nitrogens is 1. The van der Waals surface area contributed by atoms with E-state index in [1.54, 1.807) is 6.07 Å². The van der Waals surface area contributed by atoms with Crippen LogP contribution in [0, 0.1) is 16.0 Å². The molecule has 7 heteroatoms. The molecule has 0 spiro atoms. The second kappa shape index (κ2) is 9.11. The second-order valence-corrected chi connectivity index (χ2v) is 8.96. The highest BCUT2D eigenvalue weighted by atomic mass is 16.6. The Morgan fingerprint density at radius 3 is 2.59 bits per heavy atom. The van der Waals surface area contributed by atoms with Gasteiger partial charge in [-0.3, -0.25) is 15.0 Å². The van der Waals surface area contributed by atoms with Gasteiger partial charge < -0.3 is 10.1 Å². The van der Waals surface area contributed by atoms with Crippen LogP contribution in [0.1, 0.15) is 30.0 Å². The number of nitro groups is 1. The molecule has 2 heterocycles. The molecule has 5 rings (SSSR count). The Bertz CT molecular complexity index is 1360. The summed E-state index contributed by atoms with van der Waals surface area (Å²) < 4.78 is 0. The zero-order chi connectivity index (χ0) is 23.7. The SMILES string of the molecule is CC1CCN(Cc2ccc(N=C(c3ccccc3)c3c(O)[nH]c4ccc([N+](=O)[O-])cc34)cc2)C1. The van der Waals surface area contributed by atoms with Gasteiger partial charge in [0.05, 0.1) is 21.9 Å². The lowest BCUT2D eigenvalue weighted by Gasteiger charge is -2.15. The van der Waals surface area contributed by atoms with Crippen LogP contribution in [0.2, 0.25) is 0 Å². The third-order valence-corrected chi connectivity index (χ3v) is 6.35. The number of hydrogen-bond acceptors (Lipinski definition) is 5. The molecule has 1 aliphatic heterocycles. The standard InChI is InChI=1S/C27H26N4O3/c1-18-13-14-30(16-18)17-19-7-9-21(10-8-19)28-26(20-5-3-2-4-6-20)25-23-15-22(31(33)34)11-12-24(23)29-27(25)32/h2-12,15,18,29,32H,13-14,16-17H2,1H3. The van der Waals surface area contributed by atoms with E-state index < -0.39 is 4.92 Å². The van der Waals surface area contributed by atoms with Crippen molar-refractivity contribution in [2.45, 2.75) is 19.9 Å². The van der Waals surface area contributed by atoms with Gasteiger partial charge in [-0.25, -0.2) is 4.99 Å². The van der Waals surface area contributed by atoms with Crippen molar-refractivity contribution in [2.75, 3.05) is 13.1 Å². The van der Waals surface area contributed by atoms with Crippen LogP contribution in [0.25, 0.3) is 10.9 Å². The van der Waals surface area contributed by atoms with E-state index in [1.165, 1.54) is 24.1 Å². The molecule has 3 aromatic carbocycles. The van der Waals surface area contributed by atoms with Crippen LogP contribution in [-0.4, -0.2) is 38.7 Å². The topological polar surface area (TPSA) is 94.8 Å². The first-order valence-electron chi connectivity index (χ1n) is 11.4. The van der Waals surface area contributed by atoms with Gasteiger partial charge in [0, 0.05) is 41.7 Å². The molecule has 7 nitrogen and oxygen atoms in total. The van der Waals surface area contributed by atoms with E-state index in [9.17, 15) is 15.2 Å². The van der Waals surface area contributed by atoms with Crippen molar-refractivity contribution in [1.29, 1.82) is 0 Å². The molecule has 0 radical (unpaired) electrons. The van der Waals surface area contributed by atoms with Crippen molar-refractivity contribution >= 4 is 28.0 Å².